The van der Waals surface area contributed by atoms with E-state index in [1.807, 2.05) is 0 Å². The molecule has 0 spiro atoms. The zero-order valence-corrected chi connectivity index (χ0v) is 7.66. The Balaban J connectivity index is 2.47. The Labute approximate surface area is 84.9 Å². The van der Waals surface area contributed by atoms with E-state index in [1.165, 1.54) is 29.3 Å². The second-order valence-electron chi connectivity index (χ2n) is 2.90. The first-order valence-corrected chi connectivity index (χ1v) is 4.18. The molecule has 0 saturated heterocycles. The minimum absolute atomic E-state index is 0.0749. The number of benzene rings is 1. The normalized spacial score (nSPS) is 10.1. The smallest absolute Gasteiger partial charge is 0.337 e. The van der Waals surface area contributed by atoms with Crippen LogP contribution in [0.3, 0.4) is 0 Å². The molecule has 2 aromatic rings. The Morgan fingerprint density at radius 3 is 2.53 bits per heavy atom. The van der Waals surface area contributed by atoms with E-state index in [4.69, 9.17) is 10.8 Å². The number of carboxylic acid groups (broad SMARTS) is 1. The van der Waals surface area contributed by atoms with Gasteiger partial charge in [0.2, 0.25) is 0 Å². The van der Waals surface area contributed by atoms with E-state index in [2.05, 4.69) is 10.2 Å². The number of aromatic nitrogens is 3. The lowest BCUT2D eigenvalue weighted by molar-refractivity contribution is 0.0698. The van der Waals surface area contributed by atoms with Gasteiger partial charge in [-0.25, -0.2) is 4.79 Å². The fourth-order valence-corrected chi connectivity index (χ4v) is 1.22. The SMILES string of the molecule is Nc1cc(-n2nccn2)ccc1C(=O)O. The average Bonchev–Trinajstić information content (AvgIpc) is 2.69. The summed E-state index contributed by atoms with van der Waals surface area (Å²) < 4.78 is 0. The van der Waals surface area contributed by atoms with Crippen LogP contribution in [-0.4, -0.2) is 26.1 Å². The number of nitrogen functional groups attached to an aromatic ring is 1. The van der Waals surface area contributed by atoms with Gasteiger partial charge in [0.25, 0.3) is 0 Å². The minimum atomic E-state index is -1.05. The maximum atomic E-state index is 10.7. The molecule has 0 unspecified atom stereocenters. The van der Waals surface area contributed by atoms with Crippen molar-refractivity contribution in [1.29, 1.82) is 0 Å². The molecular weight excluding hydrogens is 196 g/mol. The zero-order valence-electron chi connectivity index (χ0n) is 7.66. The van der Waals surface area contributed by atoms with Crippen molar-refractivity contribution >= 4 is 11.7 Å². The molecule has 2 rings (SSSR count). The monoisotopic (exact) mass is 204 g/mol. The molecule has 0 aliphatic heterocycles. The standard InChI is InChI=1S/C9H8N4O2/c10-8-5-6(13-11-3-4-12-13)1-2-7(8)9(14)15/h1-5H,10H2,(H,14,15). The number of rotatable bonds is 2. The lowest BCUT2D eigenvalue weighted by Crippen LogP contribution is -2.05. The van der Waals surface area contributed by atoms with Gasteiger partial charge in [-0.05, 0) is 18.2 Å². The molecule has 0 amide bonds. The fraction of sp³-hybridized carbons (Fsp3) is 0. The summed E-state index contributed by atoms with van der Waals surface area (Å²) in [6.07, 6.45) is 3.06. The van der Waals surface area contributed by atoms with Gasteiger partial charge < -0.3 is 10.8 Å². The first-order chi connectivity index (χ1) is 7.18. The van der Waals surface area contributed by atoms with Gasteiger partial charge in [-0.2, -0.15) is 15.0 Å². The van der Waals surface area contributed by atoms with Gasteiger partial charge in [0, 0.05) is 5.69 Å². The Morgan fingerprint density at radius 2 is 2.00 bits per heavy atom. The quantitative estimate of drug-likeness (QED) is 0.696. The number of anilines is 1. The van der Waals surface area contributed by atoms with Crippen LogP contribution in [0.25, 0.3) is 5.69 Å². The Kier molecular flexibility index (Phi) is 2.09. The summed E-state index contributed by atoms with van der Waals surface area (Å²) in [5, 5.41) is 16.6. The van der Waals surface area contributed by atoms with Gasteiger partial charge in [-0.3, -0.25) is 0 Å². The molecule has 3 N–H and O–H groups in total. The maximum Gasteiger partial charge on any atom is 0.337 e. The third kappa shape index (κ3) is 1.64. The summed E-state index contributed by atoms with van der Waals surface area (Å²) in [4.78, 5) is 12.1. The molecule has 1 aromatic carbocycles. The van der Waals surface area contributed by atoms with E-state index in [0.717, 1.165) is 0 Å². The number of hydrogen-bond acceptors (Lipinski definition) is 4. The third-order valence-electron chi connectivity index (χ3n) is 1.92. The Bertz CT molecular complexity index is 493. The first kappa shape index (κ1) is 9.20. The van der Waals surface area contributed by atoms with E-state index in [0.29, 0.717) is 5.69 Å². The van der Waals surface area contributed by atoms with Crippen LogP contribution in [0, 0.1) is 0 Å². The molecule has 6 heteroatoms. The molecule has 0 radical (unpaired) electrons. The summed E-state index contributed by atoms with van der Waals surface area (Å²) in [5.74, 6) is -1.05. The fourth-order valence-electron chi connectivity index (χ4n) is 1.22. The minimum Gasteiger partial charge on any atom is -0.478 e. The molecule has 0 aliphatic rings. The van der Waals surface area contributed by atoms with E-state index >= 15 is 0 Å². The number of carboxylic acids is 1. The third-order valence-corrected chi connectivity index (χ3v) is 1.92. The van der Waals surface area contributed by atoms with Crippen LogP contribution < -0.4 is 5.73 Å². The van der Waals surface area contributed by atoms with Crippen molar-refractivity contribution in [2.75, 3.05) is 5.73 Å². The largest absolute Gasteiger partial charge is 0.478 e. The van der Waals surface area contributed by atoms with E-state index in [-0.39, 0.29) is 11.3 Å². The second kappa shape index (κ2) is 3.41. The molecule has 0 aliphatic carbocycles. The van der Waals surface area contributed by atoms with Crippen LogP contribution in [0.4, 0.5) is 5.69 Å². The highest BCUT2D eigenvalue weighted by molar-refractivity contribution is 5.93. The molecule has 76 valence electrons. The number of carbonyl (C=O) groups is 1. The van der Waals surface area contributed by atoms with Gasteiger partial charge in [0.05, 0.1) is 23.6 Å². The number of hydrogen-bond donors (Lipinski definition) is 2. The van der Waals surface area contributed by atoms with Crippen LogP contribution in [-0.2, 0) is 0 Å². The topological polar surface area (TPSA) is 94.0 Å². The lowest BCUT2D eigenvalue weighted by atomic mass is 10.1. The number of aromatic carboxylic acids is 1. The van der Waals surface area contributed by atoms with Crippen LogP contribution in [0.1, 0.15) is 10.4 Å². The predicted molar refractivity (Wildman–Crippen MR) is 52.7 cm³/mol. The number of nitrogens with zero attached hydrogens (tertiary/aromatic N) is 3. The highest BCUT2D eigenvalue weighted by Crippen LogP contribution is 2.15. The van der Waals surface area contributed by atoms with Crippen LogP contribution in [0.2, 0.25) is 0 Å². The molecule has 6 nitrogen and oxygen atoms in total. The van der Waals surface area contributed by atoms with Crippen molar-refractivity contribution < 1.29 is 9.90 Å². The zero-order chi connectivity index (χ0) is 10.8. The highest BCUT2D eigenvalue weighted by Gasteiger charge is 2.08. The van der Waals surface area contributed by atoms with Crippen molar-refractivity contribution in [3.8, 4) is 5.69 Å². The lowest BCUT2D eigenvalue weighted by Gasteiger charge is -2.03. The van der Waals surface area contributed by atoms with Crippen LogP contribution in [0.15, 0.2) is 30.6 Å². The van der Waals surface area contributed by atoms with Gasteiger partial charge in [-0.15, -0.1) is 0 Å². The van der Waals surface area contributed by atoms with Crippen molar-refractivity contribution in [3.63, 3.8) is 0 Å². The first-order valence-electron chi connectivity index (χ1n) is 4.18. The molecular formula is C9H8N4O2. The molecule has 0 saturated carbocycles. The van der Waals surface area contributed by atoms with Crippen molar-refractivity contribution in [1.82, 2.24) is 15.0 Å². The number of nitrogens with two attached hydrogens (primary N) is 1. The van der Waals surface area contributed by atoms with Crippen LogP contribution >= 0.6 is 0 Å². The van der Waals surface area contributed by atoms with E-state index in [1.54, 1.807) is 6.07 Å². The van der Waals surface area contributed by atoms with Gasteiger partial charge in [0.1, 0.15) is 0 Å². The molecule has 15 heavy (non-hydrogen) atoms. The van der Waals surface area contributed by atoms with Crippen molar-refractivity contribution in [2.45, 2.75) is 0 Å². The maximum absolute atomic E-state index is 10.7. The molecule has 0 fully saturated rings. The average molecular weight is 204 g/mol. The van der Waals surface area contributed by atoms with E-state index in [9.17, 15) is 4.79 Å². The summed E-state index contributed by atoms with van der Waals surface area (Å²) >= 11 is 0. The molecule has 1 heterocycles. The van der Waals surface area contributed by atoms with E-state index < -0.39 is 5.97 Å². The summed E-state index contributed by atoms with van der Waals surface area (Å²) in [6.45, 7) is 0. The molecule has 0 bridgehead atoms. The molecule has 1 aromatic heterocycles. The summed E-state index contributed by atoms with van der Waals surface area (Å²) in [7, 11) is 0. The predicted octanol–water partition coefficient (Wildman–Crippen LogP) is 0.548. The van der Waals surface area contributed by atoms with Gasteiger partial charge in [0.15, 0.2) is 0 Å². The summed E-state index contributed by atoms with van der Waals surface area (Å²) in [5.41, 5.74) is 6.47. The van der Waals surface area contributed by atoms with Crippen molar-refractivity contribution in [2.24, 2.45) is 0 Å². The van der Waals surface area contributed by atoms with Crippen LogP contribution in [0.5, 0.6) is 0 Å². The van der Waals surface area contributed by atoms with Gasteiger partial charge >= 0.3 is 5.97 Å². The van der Waals surface area contributed by atoms with Gasteiger partial charge in [-0.1, -0.05) is 0 Å². The highest BCUT2D eigenvalue weighted by atomic mass is 16.4. The van der Waals surface area contributed by atoms with Crippen molar-refractivity contribution in [3.05, 3.63) is 36.2 Å². The Morgan fingerprint density at radius 1 is 1.33 bits per heavy atom. The second-order valence-corrected chi connectivity index (χ2v) is 2.90. The molecule has 0 atom stereocenters. The Hall–Kier alpha value is -2.37. The summed E-state index contributed by atoms with van der Waals surface area (Å²) in [6, 6.07) is 4.54.